The van der Waals surface area contributed by atoms with E-state index in [0.29, 0.717) is 25.3 Å². The zero-order valence-corrected chi connectivity index (χ0v) is 17.7. The largest absolute Gasteiger partial charge is 0.508 e. The summed E-state index contributed by atoms with van der Waals surface area (Å²) >= 11 is 1.73. The highest BCUT2D eigenvalue weighted by Crippen LogP contribution is 2.37. The summed E-state index contributed by atoms with van der Waals surface area (Å²) in [6, 6.07) is 16.0. The lowest BCUT2D eigenvalue weighted by Gasteiger charge is -2.45. The standard InChI is InChI=1S/C23H27N3O2S/c1-16(27)26-13-11-23(12-14-26)24-20(17-7-9-18(29-2)10-8-17)15-21(25-23)19-5-3-4-6-22(19)28/h3-10,21,25,28H,11-15H2,1-2H3/t21-/m0/s1. The van der Waals surface area contributed by atoms with Gasteiger partial charge < -0.3 is 10.0 Å². The molecule has 0 saturated carbocycles. The molecule has 6 heteroatoms. The van der Waals surface area contributed by atoms with Crippen LogP contribution in [0.15, 0.2) is 58.4 Å². The van der Waals surface area contributed by atoms with Gasteiger partial charge in [-0.3, -0.25) is 15.1 Å². The average Bonchev–Trinajstić information content (AvgIpc) is 2.74. The number of para-hydroxylation sites is 1. The Bertz CT molecular complexity index is 918. The molecule has 2 aromatic carbocycles. The van der Waals surface area contributed by atoms with Crippen LogP contribution >= 0.6 is 11.8 Å². The Hall–Kier alpha value is -2.31. The molecule has 152 valence electrons. The smallest absolute Gasteiger partial charge is 0.219 e. The number of piperidine rings is 1. The van der Waals surface area contributed by atoms with Gasteiger partial charge in [0.25, 0.3) is 0 Å². The molecule has 0 radical (unpaired) electrons. The van der Waals surface area contributed by atoms with E-state index in [1.165, 1.54) is 4.90 Å². The maximum Gasteiger partial charge on any atom is 0.219 e. The molecule has 2 N–H and O–H groups in total. The second-order valence-corrected chi connectivity index (χ2v) is 8.66. The van der Waals surface area contributed by atoms with Gasteiger partial charge >= 0.3 is 0 Å². The van der Waals surface area contributed by atoms with Crippen molar-refractivity contribution in [3.05, 3.63) is 59.7 Å². The number of aliphatic imine (C=N–C) groups is 1. The number of thioether (sulfide) groups is 1. The molecule has 0 aliphatic carbocycles. The van der Waals surface area contributed by atoms with Crippen LogP contribution in [0.4, 0.5) is 0 Å². The Labute approximate surface area is 176 Å². The molecule has 4 rings (SSSR count). The number of nitrogens with one attached hydrogen (secondary N) is 1. The van der Waals surface area contributed by atoms with E-state index >= 15 is 0 Å². The number of hydrogen-bond acceptors (Lipinski definition) is 5. The highest BCUT2D eigenvalue weighted by atomic mass is 32.2. The first-order valence-electron chi connectivity index (χ1n) is 10.0. The quantitative estimate of drug-likeness (QED) is 0.753. The lowest BCUT2D eigenvalue weighted by molar-refractivity contribution is -0.130. The number of carbonyl (C=O) groups is 1. The third-order valence-corrected chi connectivity index (χ3v) is 6.70. The molecule has 1 atom stereocenters. The van der Waals surface area contributed by atoms with E-state index in [-0.39, 0.29) is 11.9 Å². The number of carbonyl (C=O) groups excluding carboxylic acids is 1. The molecule has 29 heavy (non-hydrogen) atoms. The highest BCUT2D eigenvalue weighted by Gasteiger charge is 2.40. The summed E-state index contributed by atoms with van der Waals surface area (Å²) in [7, 11) is 0. The molecule has 1 amide bonds. The van der Waals surface area contributed by atoms with Gasteiger partial charge in [0.1, 0.15) is 11.4 Å². The first-order valence-corrected chi connectivity index (χ1v) is 11.3. The maximum atomic E-state index is 11.8. The minimum atomic E-state index is -0.412. The van der Waals surface area contributed by atoms with Gasteiger partial charge in [0.05, 0.1) is 0 Å². The van der Waals surface area contributed by atoms with Crippen LogP contribution in [0, 0.1) is 0 Å². The number of benzene rings is 2. The molecule has 2 aromatic rings. The molecule has 1 saturated heterocycles. The van der Waals surface area contributed by atoms with Crippen LogP contribution in [0.3, 0.4) is 0 Å². The van der Waals surface area contributed by atoms with Crippen molar-refractivity contribution in [2.24, 2.45) is 4.99 Å². The molecule has 1 spiro atoms. The summed E-state index contributed by atoms with van der Waals surface area (Å²) in [5.41, 5.74) is 2.66. The number of rotatable bonds is 3. The molecule has 0 unspecified atom stereocenters. The van der Waals surface area contributed by atoms with E-state index in [1.807, 2.05) is 23.1 Å². The van der Waals surface area contributed by atoms with Crippen molar-refractivity contribution in [1.29, 1.82) is 0 Å². The van der Waals surface area contributed by atoms with Crippen molar-refractivity contribution in [1.82, 2.24) is 10.2 Å². The van der Waals surface area contributed by atoms with E-state index in [4.69, 9.17) is 4.99 Å². The first-order chi connectivity index (χ1) is 14.0. The van der Waals surface area contributed by atoms with Crippen LogP contribution < -0.4 is 5.32 Å². The van der Waals surface area contributed by atoms with Gasteiger partial charge in [-0.25, -0.2) is 0 Å². The first kappa shape index (κ1) is 20.0. The molecule has 2 heterocycles. The van der Waals surface area contributed by atoms with E-state index in [2.05, 4.69) is 35.8 Å². The van der Waals surface area contributed by atoms with Gasteiger partial charge in [-0.2, -0.15) is 0 Å². The SMILES string of the molecule is CSc1ccc(C2=NC3(CCN(C(C)=O)CC3)N[C@H](c3ccccc3O)C2)cc1. The second kappa shape index (κ2) is 8.20. The predicted octanol–water partition coefficient (Wildman–Crippen LogP) is 3.98. The predicted molar refractivity (Wildman–Crippen MR) is 118 cm³/mol. The second-order valence-electron chi connectivity index (χ2n) is 7.78. The van der Waals surface area contributed by atoms with Crippen LogP contribution in [0.5, 0.6) is 5.75 Å². The number of likely N-dealkylation sites (tertiary alicyclic amines) is 1. The van der Waals surface area contributed by atoms with Crippen molar-refractivity contribution in [3.63, 3.8) is 0 Å². The summed E-state index contributed by atoms with van der Waals surface area (Å²) in [5, 5.41) is 14.2. The Morgan fingerprint density at radius 1 is 1.17 bits per heavy atom. The zero-order chi connectivity index (χ0) is 20.4. The average molecular weight is 410 g/mol. The summed E-state index contributed by atoms with van der Waals surface area (Å²) < 4.78 is 0. The van der Waals surface area contributed by atoms with Crippen molar-refractivity contribution >= 4 is 23.4 Å². The van der Waals surface area contributed by atoms with Gasteiger partial charge in [-0.1, -0.05) is 30.3 Å². The van der Waals surface area contributed by atoms with Crippen molar-refractivity contribution in [2.75, 3.05) is 19.3 Å². The molecule has 2 aliphatic rings. The van der Waals surface area contributed by atoms with Crippen molar-refractivity contribution < 1.29 is 9.90 Å². The fourth-order valence-electron chi connectivity index (χ4n) is 4.29. The van der Waals surface area contributed by atoms with E-state index < -0.39 is 5.66 Å². The summed E-state index contributed by atoms with van der Waals surface area (Å²) in [6.07, 6.45) is 4.32. The van der Waals surface area contributed by atoms with Gasteiger partial charge in [-0.05, 0) is 30.0 Å². The number of hydrogen-bond donors (Lipinski definition) is 2. The molecule has 0 aromatic heterocycles. The van der Waals surface area contributed by atoms with Crippen LogP contribution in [0.1, 0.15) is 43.4 Å². The van der Waals surface area contributed by atoms with Gasteiger partial charge in [0, 0.05) is 61.5 Å². The molecular weight excluding hydrogens is 382 g/mol. The van der Waals surface area contributed by atoms with Crippen LogP contribution in [-0.4, -0.2) is 46.6 Å². The van der Waals surface area contributed by atoms with Crippen molar-refractivity contribution in [3.8, 4) is 5.75 Å². The third kappa shape index (κ3) is 4.19. The fraction of sp³-hybridized carbons (Fsp3) is 0.391. The zero-order valence-electron chi connectivity index (χ0n) is 16.9. The lowest BCUT2D eigenvalue weighted by Crippen LogP contribution is -2.56. The molecule has 1 fully saturated rings. The fourth-order valence-corrected chi connectivity index (χ4v) is 4.70. The molecule has 2 aliphatic heterocycles. The van der Waals surface area contributed by atoms with Gasteiger partial charge in [0.2, 0.25) is 5.91 Å². The summed E-state index contributed by atoms with van der Waals surface area (Å²) in [6.45, 7) is 3.01. The van der Waals surface area contributed by atoms with Gasteiger partial charge in [-0.15, -0.1) is 11.8 Å². The monoisotopic (exact) mass is 409 g/mol. The summed E-state index contributed by atoms with van der Waals surface area (Å²) in [5.74, 6) is 0.421. The van der Waals surface area contributed by atoms with E-state index in [0.717, 1.165) is 29.7 Å². The lowest BCUT2D eigenvalue weighted by atomic mass is 9.87. The highest BCUT2D eigenvalue weighted by molar-refractivity contribution is 7.98. The summed E-state index contributed by atoms with van der Waals surface area (Å²) in [4.78, 5) is 20.1. The maximum absolute atomic E-state index is 11.8. The number of amides is 1. The van der Waals surface area contributed by atoms with E-state index in [9.17, 15) is 9.90 Å². The minimum absolute atomic E-state index is 0.0206. The number of phenols is 1. The normalized spacial score (nSPS) is 21.1. The number of aromatic hydroxyl groups is 1. The number of nitrogens with zero attached hydrogens (tertiary/aromatic N) is 2. The topological polar surface area (TPSA) is 64.9 Å². The molecule has 0 bridgehead atoms. The van der Waals surface area contributed by atoms with Gasteiger partial charge in [0.15, 0.2) is 0 Å². The minimum Gasteiger partial charge on any atom is -0.508 e. The van der Waals surface area contributed by atoms with Crippen LogP contribution in [0.25, 0.3) is 0 Å². The Kier molecular flexibility index (Phi) is 5.65. The molecular formula is C23H27N3O2S. The molecule has 5 nitrogen and oxygen atoms in total. The third-order valence-electron chi connectivity index (χ3n) is 5.96. The Morgan fingerprint density at radius 2 is 1.86 bits per heavy atom. The van der Waals surface area contributed by atoms with E-state index in [1.54, 1.807) is 24.8 Å². The Morgan fingerprint density at radius 3 is 2.48 bits per heavy atom. The van der Waals surface area contributed by atoms with Crippen molar-refractivity contribution in [2.45, 2.75) is 42.8 Å². The Balaban J connectivity index is 1.69. The van der Waals surface area contributed by atoms with Crippen LogP contribution in [0.2, 0.25) is 0 Å². The van der Waals surface area contributed by atoms with Crippen LogP contribution in [-0.2, 0) is 4.79 Å². The number of phenolic OH excluding ortho intramolecular Hbond substituents is 1.